The zero-order valence-corrected chi connectivity index (χ0v) is 19.8. The Morgan fingerprint density at radius 1 is 1.18 bits per heavy atom. The number of nitrogens with one attached hydrogen (secondary N) is 1. The van der Waals surface area contributed by atoms with Gasteiger partial charge in [-0.25, -0.2) is 11.3 Å². The molecule has 1 spiro atoms. The average Bonchev–Trinajstić information content (AvgIpc) is 3.49. The molecule has 0 amide bonds. The summed E-state index contributed by atoms with van der Waals surface area (Å²) in [6.07, 6.45) is 7.13. The van der Waals surface area contributed by atoms with Gasteiger partial charge in [0, 0.05) is 48.5 Å². The summed E-state index contributed by atoms with van der Waals surface area (Å²) in [5, 5.41) is 19.6. The summed E-state index contributed by atoms with van der Waals surface area (Å²) in [5.41, 5.74) is 1.15. The molecule has 2 aromatic heterocycles. The van der Waals surface area contributed by atoms with Gasteiger partial charge in [0.2, 0.25) is 5.95 Å². The molecular formula is C26H29N7O. The van der Waals surface area contributed by atoms with Crippen LogP contribution >= 0.6 is 0 Å². The van der Waals surface area contributed by atoms with Crippen molar-refractivity contribution in [1.82, 2.24) is 19.7 Å². The highest BCUT2D eigenvalue weighted by Crippen LogP contribution is 2.79. The van der Waals surface area contributed by atoms with Crippen LogP contribution in [0, 0.1) is 17.4 Å². The Kier molecular flexibility index (Phi) is 3.62. The maximum Gasteiger partial charge on any atom is 0.264 e. The molecule has 1 aromatic carbocycles. The lowest BCUT2D eigenvalue weighted by Gasteiger charge is -2.45. The molecule has 0 unspecified atom stereocenters. The summed E-state index contributed by atoms with van der Waals surface area (Å²) in [6.45, 7) is 12.5. The fourth-order valence-corrected chi connectivity index (χ4v) is 6.67. The molecule has 2 bridgehead atoms. The van der Waals surface area contributed by atoms with Gasteiger partial charge in [-0.15, -0.1) is 0 Å². The Morgan fingerprint density at radius 2 is 1.94 bits per heavy atom. The second-order valence-electron chi connectivity index (χ2n) is 11.4. The van der Waals surface area contributed by atoms with Crippen LogP contribution in [0.2, 0.25) is 0 Å². The van der Waals surface area contributed by atoms with Crippen LogP contribution < -0.4 is 10.2 Å². The van der Waals surface area contributed by atoms with E-state index in [9.17, 15) is 5.11 Å². The zero-order chi connectivity index (χ0) is 23.5. The number of nitrogens with zero attached hydrogens (tertiary/aromatic N) is 6. The standard InChI is InChI=1S/C26H29N7O/c1-23(2,34)25-11-18(12-25)32(15-25)20-10-21(31-22(27-3)30-20)33-19-9-17(6-5-16(19)13-29-33)26(28-4)14-24(26)7-8-24/h5-6,9-10,13,18,34H,7-8,11-12,14-15H2,1-3H3,(H,27,30,31)/t18?,25?,26-/m1/s1. The van der Waals surface area contributed by atoms with Crippen molar-refractivity contribution < 1.29 is 5.11 Å². The van der Waals surface area contributed by atoms with Crippen molar-refractivity contribution in [3.8, 4) is 5.82 Å². The molecule has 3 saturated carbocycles. The molecule has 5 aliphatic rings. The summed E-state index contributed by atoms with van der Waals surface area (Å²) in [4.78, 5) is 15.9. The van der Waals surface area contributed by atoms with Crippen molar-refractivity contribution in [2.75, 3.05) is 23.8 Å². The smallest absolute Gasteiger partial charge is 0.264 e. The Labute approximate surface area is 198 Å². The second kappa shape index (κ2) is 6.08. The minimum absolute atomic E-state index is 0.0764. The van der Waals surface area contributed by atoms with Gasteiger partial charge < -0.3 is 20.2 Å². The van der Waals surface area contributed by atoms with Crippen LogP contribution in [-0.2, 0) is 5.54 Å². The molecule has 1 atom stereocenters. The van der Waals surface area contributed by atoms with Crippen molar-refractivity contribution in [2.24, 2.45) is 10.8 Å². The lowest BCUT2D eigenvalue weighted by molar-refractivity contribution is -0.0754. The first-order valence-electron chi connectivity index (χ1n) is 12.2. The molecule has 8 rings (SSSR count). The molecule has 2 aliphatic heterocycles. The molecule has 3 aliphatic carbocycles. The molecule has 34 heavy (non-hydrogen) atoms. The highest BCUT2D eigenvalue weighted by molar-refractivity contribution is 5.81. The first-order valence-corrected chi connectivity index (χ1v) is 12.2. The lowest BCUT2D eigenvalue weighted by Crippen LogP contribution is -2.50. The minimum atomic E-state index is -0.713. The number of aromatic nitrogens is 4. The van der Waals surface area contributed by atoms with E-state index < -0.39 is 5.60 Å². The van der Waals surface area contributed by atoms with Gasteiger partial charge in [0.15, 0.2) is 5.82 Å². The summed E-state index contributed by atoms with van der Waals surface area (Å²) < 4.78 is 1.87. The maximum atomic E-state index is 10.8. The average molecular weight is 456 g/mol. The van der Waals surface area contributed by atoms with E-state index in [0.29, 0.717) is 17.8 Å². The molecule has 5 fully saturated rings. The predicted octanol–water partition coefficient (Wildman–Crippen LogP) is 3.90. The first kappa shape index (κ1) is 20.2. The van der Waals surface area contributed by atoms with Crippen LogP contribution in [0.5, 0.6) is 0 Å². The molecule has 8 heteroatoms. The normalized spacial score (nSPS) is 30.3. The minimum Gasteiger partial charge on any atom is -0.390 e. The molecule has 3 aromatic rings. The summed E-state index contributed by atoms with van der Waals surface area (Å²) in [6, 6.07) is 8.73. The van der Waals surface area contributed by atoms with E-state index >= 15 is 0 Å². The molecule has 8 nitrogen and oxygen atoms in total. The van der Waals surface area contributed by atoms with Crippen molar-refractivity contribution in [1.29, 1.82) is 0 Å². The van der Waals surface area contributed by atoms with Crippen molar-refractivity contribution >= 4 is 22.7 Å². The number of aliphatic hydroxyl groups is 1. The lowest BCUT2D eigenvalue weighted by atomic mass is 9.61. The van der Waals surface area contributed by atoms with Gasteiger partial charge in [-0.1, -0.05) is 12.1 Å². The number of anilines is 2. The first-order chi connectivity index (χ1) is 16.2. The van der Waals surface area contributed by atoms with Crippen LogP contribution in [0.3, 0.4) is 0 Å². The van der Waals surface area contributed by atoms with Gasteiger partial charge in [-0.2, -0.15) is 15.1 Å². The third-order valence-corrected chi connectivity index (χ3v) is 9.34. The van der Waals surface area contributed by atoms with Gasteiger partial charge in [0.05, 0.1) is 22.7 Å². The molecule has 2 N–H and O–H groups in total. The molecule has 4 heterocycles. The Hall–Kier alpha value is -3.18. The number of fused-ring (bicyclic) bond motifs is 2. The third-order valence-electron chi connectivity index (χ3n) is 9.34. The van der Waals surface area contributed by atoms with Gasteiger partial charge >= 0.3 is 0 Å². The number of benzene rings is 1. The number of rotatable bonds is 5. The highest BCUT2D eigenvalue weighted by atomic mass is 16.3. The maximum absolute atomic E-state index is 10.8. The van der Waals surface area contributed by atoms with Crippen LogP contribution in [0.4, 0.5) is 11.8 Å². The SMILES string of the molecule is [C-]#[N+][C@@]1(c2ccc3cnn(-c4cc(N5CC6(C(C)(C)O)CC5C6)nc(NC)n4)c3c2)CC12CC2. The second-order valence-corrected chi connectivity index (χ2v) is 11.4. The topological polar surface area (TPSA) is 83.5 Å². The summed E-state index contributed by atoms with van der Waals surface area (Å²) >= 11 is 0. The van der Waals surface area contributed by atoms with Crippen molar-refractivity contribution in [3.05, 3.63) is 47.4 Å². The Morgan fingerprint density at radius 3 is 2.56 bits per heavy atom. The fourth-order valence-electron chi connectivity index (χ4n) is 6.67. The highest BCUT2D eigenvalue weighted by Gasteiger charge is 2.82. The van der Waals surface area contributed by atoms with E-state index in [1.807, 2.05) is 37.8 Å². The summed E-state index contributed by atoms with van der Waals surface area (Å²) in [7, 11) is 1.83. The van der Waals surface area contributed by atoms with Gasteiger partial charge in [0.25, 0.3) is 5.54 Å². The van der Waals surface area contributed by atoms with E-state index in [4.69, 9.17) is 16.5 Å². The predicted molar refractivity (Wildman–Crippen MR) is 130 cm³/mol. The van der Waals surface area contributed by atoms with E-state index in [1.165, 1.54) is 0 Å². The van der Waals surface area contributed by atoms with Crippen LogP contribution in [0.25, 0.3) is 21.6 Å². The van der Waals surface area contributed by atoms with E-state index in [0.717, 1.165) is 60.9 Å². The van der Waals surface area contributed by atoms with Crippen LogP contribution in [0.1, 0.15) is 51.5 Å². The van der Waals surface area contributed by atoms with E-state index in [1.54, 1.807) is 0 Å². The Balaban J connectivity index is 1.30. The Bertz CT molecular complexity index is 1390. The quantitative estimate of drug-likeness (QED) is 0.568. The zero-order valence-electron chi connectivity index (χ0n) is 19.8. The van der Waals surface area contributed by atoms with Gasteiger partial charge in [-0.05, 0) is 45.6 Å². The monoisotopic (exact) mass is 455 g/mol. The van der Waals surface area contributed by atoms with Gasteiger partial charge in [-0.3, -0.25) is 0 Å². The molecular weight excluding hydrogens is 426 g/mol. The van der Waals surface area contributed by atoms with Crippen LogP contribution in [-0.4, -0.2) is 50.1 Å². The molecule has 2 saturated heterocycles. The largest absolute Gasteiger partial charge is 0.390 e. The van der Waals surface area contributed by atoms with E-state index in [2.05, 4.69) is 38.4 Å². The van der Waals surface area contributed by atoms with E-state index in [-0.39, 0.29) is 16.4 Å². The molecule has 174 valence electrons. The van der Waals surface area contributed by atoms with Crippen molar-refractivity contribution in [2.45, 2.75) is 63.1 Å². The number of hydrogen-bond donors (Lipinski definition) is 2. The van der Waals surface area contributed by atoms with Crippen molar-refractivity contribution in [3.63, 3.8) is 0 Å². The third kappa shape index (κ3) is 2.43. The van der Waals surface area contributed by atoms with Crippen LogP contribution in [0.15, 0.2) is 30.5 Å². The number of hydrogen-bond acceptors (Lipinski definition) is 6. The summed E-state index contributed by atoms with van der Waals surface area (Å²) in [5.74, 6) is 2.11. The fraction of sp³-hybridized carbons (Fsp3) is 0.538. The van der Waals surface area contributed by atoms with Gasteiger partial charge in [0.1, 0.15) is 5.82 Å². The molecule has 0 radical (unpaired) electrons.